The maximum Gasteiger partial charge on any atom is 0.303 e. The van der Waals surface area contributed by atoms with E-state index in [1.54, 1.807) is 12.1 Å². The van der Waals surface area contributed by atoms with Crippen molar-refractivity contribution in [2.24, 2.45) is 0 Å². The van der Waals surface area contributed by atoms with Crippen molar-refractivity contribution in [2.75, 3.05) is 0 Å². The van der Waals surface area contributed by atoms with Crippen LogP contribution in [0.2, 0.25) is 0 Å². The predicted molar refractivity (Wildman–Crippen MR) is 67.0 cm³/mol. The third kappa shape index (κ3) is 3.16. The number of hydrogen-bond donors (Lipinski definition) is 1. The Balaban J connectivity index is 2.16. The van der Waals surface area contributed by atoms with E-state index in [9.17, 15) is 14.9 Å². The van der Waals surface area contributed by atoms with Crippen LogP contribution in [0.15, 0.2) is 28.7 Å². The highest BCUT2D eigenvalue weighted by Crippen LogP contribution is 2.28. The fourth-order valence-corrected chi connectivity index (χ4v) is 1.67. The fourth-order valence-electron chi connectivity index (χ4n) is 1.67. The number of carboxylic acids is 1. The van der Waals surface area contributed by atoms with Crippen molar-refractivity contribution in [2.45, 2.75) is 19.3 Å². The van der Waals surface area contributed by atoms with Crippen molar-refractivity contribution in [3.05, 3.63) is 40.3 Å². The summed E-state index contributed by atoms with van der Waals surface area (Å²) in [4.78, 5) is 20.8. The average molecular weight is 277 g/mol. The lowest BCUT2D eigenvalue weighted by atomic mass is 10.2. The standard InChI is InChI=1S/C12H11N3O5/c16-11(17)7-3-6-10-13-14-12(20-10)8-4-1-2-5-9(8)15(18)19/h1-2,4-5H,3,6-7H2,(H,16,17). The molecule has 1 heterocycles. The van der Waals surface area contributed by atoms with Crippen LogP contribution < -0.4 is 0 Å². The summed E-state index contributed by atoms with van der Waals surface area (Å²) >= 11 is 0. The Bertz CT molecular complexity index is 638. The molecule has 0 fully saturated rings. The SMILES string of the molecule is O=C(O)CCCc1nnc(-c2ccccc2[N+](=O)[O-])o1. The van der Waals surface area contributed by atoms with Gasteiger partial charge in [-0.3, -0.25) is 14.9 Å². The van der Waals surface area contributed by atoms with E-state index in [1.165, 1.54) is 12.1 Å². The van der Waals surface area contributed by atoms with Crippen molar-refractivity contribution in [3.8, 4) is 11.5 Å². The van der Waals surface area contributed by atoms with Gasteiger partial charge in [-0.05, 0) is 12.5 Å². The molecule has 0 amide bonds. The second-order valence-electron chi connectivity index (χ2n) is 4.02. The summed E-state index contributed by atoms with van der Waals surface area (Å²) in [5.41, 5.74) is 0.128. The van der Waals surface area contributed by atoms with Crippen LogP contribution in [0, 0.1) is 10.1 Å². The average Bonchev–Trinajstić information content (AvgIpc) is 2.87. The third-order valence-electron chi connectivity index (χ3n) is 2.58. The van der Waals surface area contributed by atoms with Gasteiger partial charge in [-0.2, -0.15) is 0 Å². The van der Waals surface area contributed by atoms with Gasteiger partial charge in [0.25, 0.3) is 11.6 Å². The lowest BCUT2D eigenvalue weighted by Gasteiger charge is -1.96. The number of nitro groups is 1. The largest absolute Gasteiger partial charge is 0.481 e. The Labute approximate surface area is 113 Å². The van der Waals surface area contributed by atoms with Gasteiger partial charge >= 0.3 is 5.97 Å². The number of nitro benzene ring substituents is 1. The summed E-state index contributed by atoms with van der Waals surface area (Å²) in [7, 11) is 0. The zero-order chi connectivity index (χ0) is 14.5. The van der Waals surface area contributed by atoms with Gasteiger partial charge in [0.05, 0.1) is 4.92 Å². The smallest absolute Gasteiger partial charge is 0.303 e. The highest BCUT2D eigenvalue weighted by molar-refractivity contribution is 5.67. The first-order valence-electron chi connectivity index (χ1n) is 5.86. The molecule has 0 aliphatic rings. The number of para-hydroxylation sites is 1. The molecule has 0 aliphatic carbocycles. The number of nitrogens with zero attached hydrogens (tertiary/aromatic N) is 3. The van der Waals surface area contributed by atoms with Crippen LogP contribution in [0.4, 0.5) is 5.69 Å². The molecule has 8 nitrogen and oxygen atoms in total. The number of carboxylic acid groups (broad SMARTS) is 1. The van der Waals surface area contributed by atoms with Crippen LogP contribution in [0.5, 0.6) is 0 Å². The van der Waals surface area contributed by atoms with E-state index in [1.807, 2.05) is 0 Å². The monoisotopic (exact) mass is 277 g/mol. The van der Waals surface area contributed by atoms with Crippen LogP contribution in [-0.2, 0) is 11.2 Å². The van der Waals surface area contributed by atoms with Gasteiger partial charge in [0.2, 0.25) is 5.89 Å². The zero-order valence-corrected chi connectivity index (χ0v) is 10.4. The van der Waals surface area contributed by atoms with Gasteiger partial charge in [-0.25, -0.2) is 0 Å². The van der Waals surface area contributed by atoms with E-state index in [0.29, 0.717) is 12.8 Å². The number of benzene rings is 1. The maximum absolute atomic E-state index is 10.9. The summed E-state index contributed by atoms with van der Waals surface area (Å²) in [6.45, 7) is 0. The quantitative estimate of drug-likeness (QED) is 0.633. The minimum Gasteiger partial charge on any atom is -0.481 e. The van der Waals surface area contributed by atoms with E-state index >= 15 is 0 Å². The number of hydrogen-bond acceptors (Lipinski definition) is 6. The molecule has 104 valence electrons. The number of carbonyl (C=O) groups is 1. The number of aliphatic carboxylic acids is 1. The number of aromatic nitrogens is 2. The summed E-state index contributed by atoms with van der Waals surface area (Å²) in [6, 6.07) is 6.05. The molecule has 1 aromatic carbocycles. The molecule has 1 N–H and O–H groups in total. The molecule has 8 heteroatoms. The van der Waals surface area contributed by atoms with Gasteiger partial charge in [0, 0.05) is 18.9 Å². The fraction of sp³-hybridized carbons (Fsp3) is 0.250. The van der Waals surface area contributed by atoms with Gasteiger partial charge in [-0.1, -0.05) is 12.1 Å². The first-order chi connectivity index (χ1) is 9.58. The first-order valence-corrected chi connectivity index (χ1v) is 5.86. The Kier molecular flexibility index (Phi) is 4.04. The molecule has 0 unspecified atom stereocenters. The number of aryl methyl sites for hydroxylation is 1. The molecular formula is C12H11N3O5. The second kappa shape index (κ2) is 5.91. The first kappa shape index (κ1) is 13.7. The minimum absolute atomic E-state index is 0.00317. The Hall–Kier alpha value is -2.77. The van der Waals surface area contributed by atoms with E-state index < -0.39 is 10.9 Å². The van der Waals surface area contributed by atoms with E-state index in [4.69, 9.17) is 9.52 Å². The van der Waals surface area contributed by atoms with Crippen LogP contribution in [0.25, 0.3) is 11.5 Å². The highest BCUT2D eigenvalue weighted by Gasteiger charge is 2.19. The second-order valence-corrected chi connectivity index (χ2v) is 4.02. The van der Waals surface area contributed by atoms with E-state index in [2.05, 4.69) is 10.2 Å². The maximum atomic E-state index is 10.9. The molecule has 0 aliphatic heterocycles. The Morgan fingerprint density at radius 1 is 1.35 bits per heavy atom. The molecule has 20 heavy (non-hydrogen) atoms. The van der Waals surface area contributed by atoms with Gasteiger partial charge in [0.1, 0.15) is 5.56 Å². The van der Waals surface area contributed by atoms with Gasteiger partial charge < -0.3 is 9.52 Å². The molecule has 2 aromatic rings. The molecule has 0 saturated carbocycles. The molecule has 1 aromatic heterocycles. The molecule has 2 rings (SSSR count). The molecule has 0 saturated heterocycles. The predicted octanol–water partition coefficient (Wildman–Crippen LogP) is 2.05. The van der Waals surface area contributed by atoms with Crippen LogP contribution in [-0.4, -0.2) is 26.2 Å². The zero-order valence-electron chi connectivity index (χ0n) is 10.4. The summed E-state index contributed by atoms with van der Waals surface area (Å²) < 4.78 is 5.32. The van der Waals surface area contributed by atoms with Crippen molar-refractivity contribution in [1.29, 1.82) is 0 Å². The summed E-state index contributed by atoms with van der Waals surface area (Å²) in [5, 5.41) is 26.9. The number of rotatable bonds is 6. The van der Waals surface area contributed by atoms with Crippen molar-refractivity contribution >= 4 is 11.7 Å². The van der Waals surface area contributed by atoms with Crippen LogP contribution in [0.1, 0.15) is 18.7 Å². The van der Waals surface area contributed by atoms with Crippen LogP contribution in [0.3, 0.4) is 0 Å². The van der Waals surface area contributed by atoms with Gasteiger partial charge in [-0.15, -0.1) is 10.2 Å². The normalized spacial score (nSPS) is 10.4. The topological polar surface area (TPSA) is 119 Å². The molecule has 0 atom stereocenters. The summed E-state index contributed by atoms with van der Waals surface area (Å²) in [5.74, 6) is -0.578. The van der Waals surface area contributed by atoms with Crippen LogP contribution >= 0.6 is 0 Å². The molecule has 0 spiro atoms. The highest BCUT2D eigenvalue weighted by atomic mass is 16.6. The van der Waals surface area contributed by atoms with E-state index in [0.717, 1.165) is 0 Å². The lowest BCUT2D eigenvalue weighted by Crippen LogP contribution is -1.95. The van der Waals surface area contributed by atoms with Gasteiger partial charge in [0.15, 0.2) is 0 Å². The minimum atomic E-state index is -0.900. The Morgan fingerprint density at radius 3 is 2.80 bits per heavy atom. The molecular weight excluding hydrogens is 266 g/mol. The van der Waals surface area contributed by atoms with Crippen molar-refractivity contribution in [3.63, 3.8) is 0 Å². The third-order valence-corrected chi connectivity index (χ3v) is 2.58. The Morgan fingerprint density at radius 2 is 2.10 bits per heavy atom. The molecule has 0 radical (unpaired) electrons. The lowest BCUT2D eigenvalue weighted by molar-refractivity contribution is -0.384. The van der Waals surface area contributed by atoms with Crippen molar-refractivity contribution in [1.82, 2.24) is 10.2 Å². The summed E-state index contributed by atoms with van der Waals surface area (Å²) in [6.07, 6.45) is 0.691. The van der Waals surface area contributed by atoms with Crippen molar-refractivity contribution < 1.29 is 19.2 Å². The molecule has 0 bridgehead atoms. The van der Waals surface area contributed by atoms with E-state index in [-0.39, 0.29) is 29.5 Å².